The molecule has 0 fully saturated rings. The van der Waals surface area contributed by atoms with Crippen LogP contribution >= 0.6 is 11.3 Å². The van der Waals surface area contributed by atoms with Gasteiger partial charge in [0.2, 0.25) is 0 Å². The first-order valence-electron chi connectivity index (χ1n) is 8.74. The van der Waals surface area contributed by atoms with Gasteiger partial charge in [0.25, 0.3) is 5.56 Å². The number of Topliss-reactive ketones (excluding diaryl/α,β-unsaturated/α-hetero) is 1. The van der Waals surface area contributed by atoms with E-state index in [1.54, 1.807) is 18.3 Å². The lowest BCUT2D eigenvalue weighted by Crippen LogP contribution is -2.28. The fourth-order valence-electron chi connectivity index (χ4n) is 3.58. The van der Waals surface area contributed by atoms with E-state index in [1.165, 1.54) is 33.7 Å². The summed E-state index contributed by atoms with van der Waals surface area (Å²) in [5.74, 6) is 0.537. The van der Waals surface area contributed by atoms with Gasteiger partial charge in [0.1, 0.15) is 16.5 Å². The van der Waals surface area contributed by atoms with Crippen molar-refractivity contribution in [2.45, 2.75) is 39.7 Å². The molecule has 1 aliphatic rings. The molecule has 0 saturated carbocycles. The first-order valence-corrected chi connectivity index (χ1v) is 9.56. The van der Waals surface area contributed by atoms with Gasteiger partial charge in [-0.25, -0.2) is 9.37 Å². The summed E-state index contributed by atoms with van der Waals surface area (Å²) in [5, 5.41) is 0.675. The highest BCUT2D eigenvalue weighted by molar-refractivity contribution is 7.18. The van der Waals surface area contributed by atoms with Crippen LogP contribution < -0.4 is 5.56 Å². The van der Waals surface area contributed by atoms with Gasteiger partial charge in [-0.3, -0.25) is 14.2 Å². The number of nitrogens with zero attached hydrogens (tertiary/aromatic N) is 2. The molecule has 6 heteroatoms. The molecule has 0 radical (unpaired) electrons. The van der Waals surface area contributed by atoms with Crippen LogP contribution in [0.15, 0.2) is 29.1 Å². The van der Waals surface area contributed by atoms with Gasteiger partial charge in [-0.15, -0.1) is 11.3 Å². The summed E-state index contributed by atoms with van der Waals surface area (Å²) in [4.78, 5) is 32.3. The van der Waals surface area contributed by atoms with E-state index < -0.39 is 5.82 Å². The van der Waals surface area contributed by atoms with E-state index in [4.69, 9.17) is 0 Å². The number of halogens is 1. The maximum atomic E-state index is 13.1. The third-order valence-electron chi connectivity index (χ3n) is 5.07. The van der Waals surface area contributed by atoms with Crippen molar-refractivity contribution >= 4 is 27.3 Å². The van der Waals surface area contributed by atoms with Crippen LogP contribution in [0.2, 0.25) is 0 Å². The predicted octanol–water partition coefficient (Wildman–Crippen LogP) is 3.91. The Kier molecular flexibility index (Phi) is 4.23. The van der Waals surface area contributed by atoms with Crippen LogP contribution in [0.3, 0.4) is 0 Å². The van der Waals surface area contributed by atoms with Crippen LogP contribution in [-0.4, -0.2) is 15.3 Å². The summed E-state index contributed by atoms with van der Waals surface area (Å²) in [7, 11) is 0. The molecule has 3 aromatic rings. The van der Waals surface area contributed by atoms with Crippen LogP contribution in [0.4, 0.5) is 4.39 Å². The fourth-order valence-corrected chi connectivity index (χ4v) is 5.00. The molecule has 134 valence electrons. The van der Waals surface area contributed by atoms with E-state index in [9.17, 15) is 14.0 Å². The summed E-state index contributed by atoms with van der Waals surface area (Å²) < 4.78 is 14.5. The molecule has 0 bridgehead atoms. The second kappa shape index (κ2) is 6.43. The summed E-state index contributed by atoms with van der Waals surface area (Å²) in [6.07, 6.45) is 2.95. The molecule has 0 spiro atoms. The molecule has 0 aliphatic heterocycles. The number of carbonyl (C=O) groups excluding carboxylic acids is 1. The maximum absolute atomic E-state index is 13.1. The van der Waals surface area contributed by atoms with Crippen molar-refractivity contribution in [2.24, 2.45) is 5.92 Å². The molecule has 2 aromatic heterocycles. The van der Waals surface area contributed by atoms with Crippen molar-refractivity contribution in [3.05, 3.63) is 62.3 Å². The Morgan fingerprint density at radius 1 is 1.35 bits per heavy atom. The molecule has 1 aromatic carbocycles. The topological polar surface area (TPSA) is 52.0 Å². The summed E-state index contributed by atoms with van der Waals surface area (Å²) in [6.45, 7) is 3.89. The van der Waals surface area contributed by atoms with Gasteiger partial charge in [0.05, 0.1) is 11.9 Å². The number of thiophene rings is 1. The van der Waals surface area contributed by atoms with Crippen molar-refractivity contribution in [1.29, 1.82) is 0 Å². The number of benzene rings is 1. The minimum Gasteiger partial charge on any atom is -0.292 e. The molecule has 1 aliphatic carbocycles. The fraction of sp³-hybridized carbons (Fsp3) is 0.350. The third-order valence-corrected chi connectivity index (χ3v) is 6.22. The highest BCUT2D eigenvalue weighted by Gasteiger charge is 2.24. The lowest BCUT2D eigenvalue weighted by Gasteiger charge is -2.17. The number of ketones is 1. The van der Waals surface area contributed by atoms with Gasteiger partial charge >= 0.3 is 0 Å². The number of hydrogen-bond acceptors (Lipinski definition) is 4. The lowest BCUT2D eigenvalue weighted by molar-refractivity contribution is 0.0969. The summed E-state index contributed by atoms with van der Waals surface area (Å²) >= 11 is 1.61. The van der Waals surface area contributed by atoms with Crippen LogP contribution in [-0.2, 0) is 19.4 Å². The van der Waals surface area contributed by atoms with E-state index in [2.05, 4.69) is 11.9 Å². The van der Waals surface area contributed by atoms with Crippen molar-refractivity contribution in [2.75, 3.05) is 0 Å². The van der Waals surface area contributed by atoms with Crippen molar-refractivity contribution < 1.29 is 9.18 Å². The number of carbonyl (C=O) groups is 1. The zero-order valence-corrected chi connectivity index (χ0v) is 15.5. The first-order chi connectivity index (χ1) is 12.4. The third kappa shape index (κ3) is 2.88. The Labute approximate surface area is 154 Å². The van der Waals surface area contributed by atoms with Gasteiger partial charge in [-0.05, 0) is 61.9 Å². The zero-order chi connectivity index (χ0) is 18.4. The van der Waals surface area contributed by atoms with Crippen molar-refractivity contribution in [3.63, 3.8) is 0 Å². The van der Waals surface area contributed by atoms with E-state index in [-0.39, 0.29) is 17.9 Å². The standard InChI is InChI=1S/C20H19FN2O2S/c1-11-3-8-15-17(9-11)26-19-18(15)20(25)23(12(2)22-19)10-16(24)13-4-6-14(21)7-5-13/h4-7,11H,3,8-10H2,1-2H3. The second-order valence-electron chi connectivity index (χ2n) is 7.01. The zero-order valence-electron chi connectivity index (χ0n) is 14.7. The number of aryl methyl sites for hydroxylation is 2. The molecule has 1 unspecified atom stereocenters. The predicted molar refractivity (Wildman–Crippen MR) is 101 cm³/mol. The van der Waals surface area contributed by atoms with Crippen molar-refractivity contribution in [1.82, 2.24) is 9.55 Å². The van der Waals surface area contributed by atoms with Gasteiger partial charge in [-0.1, -0.05) is 6.92 Å². The quantitative estimate of drug-likeness (QED) is 0.657. The lowest BCUT2D eigenvalue weighted by atomic mass is 9.89. The molecule has 4 nitrogen and oxygen atoms in total. The van der Waals surface area contributed by atoms with Gasteiger partial charge in [0, 0.05) is 10.4 Å². The molecule has 2 heterocycles. The normalized spacial score (nSPS) is 16.7. The Balaban J connectivity index is 1.77. The van der Waals surface area contributed by atoms with E-state index in [1.807, 2.05) is 0 Å². The number of rotatable bonds is 3. The minimum absolute atomic E-state index is 0.0831. The molecule has 26 heavy (non-hydrogen) atoms. The van der Waals surface area contributed by atoms with E-state index >= 15 is 0 Å². The molecule has 0 amide bonds. The number of hydrogen-bond donors (Lipinski definition) is 0. The summed E-state index contributed by atoms with van der Waals surface area (Å²) in [5.41, 5.74) is 1.36. The van der Waals surface area contributed by atoms with Crippen molar-refractivity contribution in [3.8, 4) is 0 Å². The summed E-state index contributed by atoms with van der Waals surface area (Å²) in [6, 6.07) is 5.39. The number of aromatic nitrogens is 2. The number of fused-ring (bicyclic) bond motifs is 3. The average molecular weight is 370 g/mol. The average Bonchev–Trinajstić information content (AvgIpc) is 2.96. The van der Waals surface area contributed by atoms with Gasteiger partial charge < -0.3 is 0 Å². The van der Waals surface area contributed by atoms with E-state index in [0.717, 1.165) is 29.7 Å². The van der Waals surface area contributed by atoms with Crippen LogP contribution in [0, 0.1) is 18.7 Å². The second-order valence-corrected chi connectivity index (χ2v) is 8.10. The Morgan fingerprint density at radius 3 is 2.81 bits per heavy atom. The first kappa shape index (κ1) is 17.1. The monoisotopic (exact) mass is 370 g/mol. The SMILES string of the molecule is Cc1nc2sc3c(c2c(=O)n1CC(=O)c1ccc(F)cc1)CCC(C)C3. The van der Waals surface area contributed by atoms with Gasteiger partial charge in [0.15, 0.2) is 5.78 Å². The minimum atomic E-state index is -0.392. The maximum Gasteiger partial charge on any atom is 0.262 e. The molecule has 0 saturated heterocycles. The smallest absolute Gasteiger partial charge is 0.262 e. The van der Waals surface area contributed by atoms with Crippen LogP contribution in [0.5, 0.6) is 0 Å². The Morgan fingerprint density at radius 2 is 2.08 bits per heavy atom. The van der Waals surface area contributed by atoms with Gasteiger partial charge in [-0.2, -0.15) is 0 Å². The molecular weight excluding hydrogens is 351 g/mol. The molecule has 0 N–H and O–H groups in total. The van der Waals surface area contributed by atoms with Crippen LogP contribution in [0.1, 0.15) is 40.0 Å². The molecule has 1 atom stereocenters. The molecular formula is C20H19FN2O2S. The molecule has 4 rings (SSSR count). The van der Waals surface area contributed by atoms with E-state index in [0.29, 0.717) is 22.7 Å². The highest BCUT2D eigenvalue weighted by Crippen LogP contribution is 2.35. The Hall–Kier alpha value is -2.34. The highest BCUT2D eigenvalue weighted by atomic mass is 32.1. The van der Waals surface area contributed by atoms with Crippen LogP contribution in [0.25, 0.3) is 10.2 Å². The Bertz CT molecular complexity index is 1070. The largest absolute Gasteiger partial charge is 0.292 e.